The Morgan fingerprint density at radius 3 is 2.47 bits per heavy atom. The lowest BCUT2D eigenvalue weighted by Gasteiger charge is -2.21. The maximum absolute atomic E-state index is 11.3. The number of hydrogen-bond acceptors (Lipinski definition) is 3. The summed E-state index contributed by atoms with van der Waals surface area (Å²) in [5, 5.41) is 14.7. The van der Waals surface area contributed by atoms with Gasteiger partial charge in [0.1, 0.15) is 0 Å². The van der Waals surface area contributed by atoms with E-state index in [0.29, 0.717) is 16.3 Å². The second-order valence-corrected chi connectivity index (χ2v) is 4.75. The van der Waals surface area contributed by atoms with Crippen LogP contribution in [0.15, 0.2) is 48.5 Å². The van der Waals surface area contributed by atoms with Crippen LogP contribution in [-0.2, 0) is 4.79 Å². The van der Waals surface area contributed by atoms with E-state index in [2.05, 4.69) is 5.32 Å². The van der Waals surface area contributed by atoms with Crippen LogP contribution in [0.2, 0.25) is 5.02 Å². The summed E-state index contributed by atoms with van der Waals surface area (Å²) in [7, 11) is 0. The molecule has 98 valence electrons. The van der Waals surface area contributed by atoms with E-state index in [1.807, 2.05) is 19.1 Å². The van der Waals surface area contributed by atoms with E-state index in [9.17, 15) is 9.90 Å². The molecule has 0 amide bonds. The second-order valence-electron chi connectivity index (χ2n) is 4.32. The molecule has 0 saturated carbocycles. The summed E-state index contributed by atoms with van der Waals surface area (Å²) in [6, 6.07) is 13.3. The Kier molecular flexibility index (Phi) is 4.07. The molecule has 0 bridgehead atoms. The summed E-state index contributed by atoms with van der Waals surface area (Å²) in [6.07, 6.45) is 0. The number of aryl methyl sites for hydroxylation is 1. The van der Waals surface area contributed by atoms with Crippen LogP contribution in [0.4, 0.5) is 5.69 Å². The number of carboxylic acids is 1. The van der Waals surface area contributed by atoms with Crippen LogP contribution in [0.25, 0.3) is 0 Å². The highest BCUT2D eigenvalue weighted by molar-refractivity contribution is 6.30. The van der Waals surface area contributed by atoms with Crippen molar-refractivity contribution in [3.63, 3.8) is 0 Å². The molecular formula is C15H13ClNO2-. The van der Waals surface area contributed by atoms with Crippen molar-refractivity contribution in [1.29, 1.82) is 0 Å². The summed E-state index contributed by atoms with van der Waals surface area (Å²) < 4.78 is 0. The third kappa shape index (κ3) is 3.48. The zero-order valence-electron chi connectivity index (χ0n) is 10.4. The van der Waals surface area contributed by atoms with Crippen LogP contribution in [0.3, 0.4) is 0 Å². The molecule has 0 aliphatic rings. The lowest BCUT2D eigenvalue weighted by Crippen LogP contribution is -2.34. The fraction of sp³-hybridized carbons (Fsp3) is 0.133. The van der Waals surface area contributed by atoms with Gasteiger partial charge >= 0.3 is 0 Å². The Bertz CT molecular complexity index is 581. The largest absolute Gasteiger partial charge is 0.548 e. The van der Waals surface area contributed by atoms with Crippen LogP contribution >= 0.6 is 11.6 Å². The van der Waals surface area contributed by atoms with Gasteiger partial charge in [0.25, 0.3) is 0 Å². The lowest BCUT2D eigenvalue weighted by atomic mass is 10.0. The van der Waals surface area contributed by atoms with Crippen molar-refractivity contribution >= 4 is 23.3 Å². The first kappa shape index (κ1) is 13.4. The first-order chi connectivity index (χ1) is 9.06. The number of aliphatic carboxylic acids is 1. The molecule has 0 aliphatic carbocycles. The van der Waals surface area contributed by atoms with Crippen LogP contribution < -0.4 is 10.4 Å². The number of carboxylic acid groups (broad SMARTS) is 1. The maximum Gasteiger partial charge on any atom is 0.0912 e. The van der Waals surface area contributed by atoms with Gasteiger partial charge in [-0.1, -0.05) is 47.5 Å². The minimum Gasteiger partial charge on any atom is -0.548 e. The molecule has 2 aromatic carbocycles. The molecule has 3 nitrogen and oxygen atoms in total. The third-order valence-corrected chi connectivity index (χ3v) is 3.02. The van der Waals surface area contributed by atoms with Crippen molar-refractivity contribution in [2.75, 3.05) is 5.32 Å². The molecule has 0 radical (unpaired) electrons. The Hall–Kier alpha value is -2.00. The van der Waals surface area contributed by atoms with E-state index in [1.165, 1.54) is 0 Å². The summed E-state index contributed by atoms with van der Waals surface area (Å²) in [5.74, 6) is -1.18. The van der Waals surface area contributed by atoms with Crippen molar-refractivity contribution < 1.29 is 9.90 Å². The summed E-state index contributed by atoms with van der Waals surface area (Å²) in [4.78, 5) is 11.3. The fourth-order valence-electron chi connectivity index (χ4n) is 1.78. The number of hydrogen-bond donors (Lipinski definition) is 1. The molecule has 2 aromatic rings. The monoisotopic (exact) mass is 274 g/mol. The van der Waals surface area contributed by atoms with Gasteiger partial charge in [0.2, 0.25) is 0 Å². The summed E-state index contributed by atoms with van der Waals surface area (Å²) >= 11 is 5.87. The van der Waals surface area contributed by atoms with Crippen molar-refractivity contribution in [2.24, 2.45) is 0 Å². The van der Waals surface area contributed by atoms with Crippen LogP contribution in [0, 0.1) is 6.92 Å². The normalized spacial score (nSPS) is 11.9. The standard InChI is InChI=1S/C15H14ClNO2/c1-10-5-7-11(8-6-10)14(15(18)19)17-13-4-2-3-12(16)9-13/h2-9,14,17H,1H3,(H,18,19)/p-1/t14-/m0/s1. The van der Waals surface area contributed by atoms with E-state index in [1.54, 1.807) is 36.4 Å². The van der Waals surface area contributed by atoms with Crippen LogP contribution in [0.5, 0.6) is 0 Å². The van der Waals surface area contributed by atoms with Crippen molar-refractivity contribution in [3.05, 3.63) is 64.7 Å². The molecule has 0 fully saturated rings. The molecule has 1 N–H and O–H groups in total. The first-order valence-corrected chi connectivity index (χ1v) is 6.23. The number of carbonyl (C=O) groups is 1. The van der Waals surface area contributed by atoms with Gasteiger partial charge < -0.3 is 15.2 Å². The van der Waals surface area contributed by atoms with Crippen LogP contribution in [-0.4, -0.2) is 5.97 Å². The molecule has 4 heteroatoms. The van der Waals surface area contributed by atoms with Gasteiger partial charge in [-0.3, -0.25) is 0 Å². The number of anilines is 1. The van der Waals surface area contributed by atoms with E-state index >= 15 is 0 Å². The number of halogens is 1. The highest BCUT2D eigenvalue weighted by atomic mass is 35.5. The minimum atomic E-state index is -1.18. The van der Waals surface area contributed by atoms with Crippen LogP contribution in [0.1, 0.15) is 17.2 Å². The number of nitrogens with one attached hydrogen (secondary N) is 1. The topological polar surface area (TPSA) is 52.2 Å². The Balaban J connectivity index is 2.26. The average molecular weight is 275 g/mol. The Morgan fingerprint density at radius 2 is 1.89 bits per heavy atom. The van der Waals surface area contributed by atoms with Gasteiger partial charge in [-0.15, -0.1) is 0 Å². The van der Waals surface area contributed by atoms with E-state index in [-0.39, 0.29) is 0 Å². The van der Waals surface area contributed by atoms with E-state index in [4.69, 9.17) is 11.6 Å². The minimum absolute atomic E-state index is 0.547. The predicted molar refractivity (Wildman–Crippen MR) is 74.0 cm³/mol. The molecule has 19 heavy (non-hydrogen) atoms. The molecule has 0 saturated heterocycles. The maximum atomic E-state index is 11.3. The number of rotatable bonds is 4. The molecule has 0 heterocycles. The predicted octanol–water partition coefficient (Wildman–Crippen LogP) is 2.55. The Labute approximate surface area is 116 Å². The number of benzene rings is 2. The SMILES string of the molecule is Cc1ccc([C@H](Nc2cccc(Cl)c2)C(=O)[O-])cc1. The molecular weight excluding hydrogens is 262 g/mol. The summed E-state index contributed by atoms with van der Waals surface area (Å²) in [6.45, 7) is 1.95. The second kappa shape index (κ2) is 5.76. The molecule has 0 unspecified atom stereocenters. The lowest BCUT2D eigenvalue weighted by molar-refractivity contribution is -0.307. The zero-order valence-corrected chi connectivity index (χ0v) is 11.1. The van der Waals surface area contributed by atoms with Gasteiger partial charge in [0, 0.05) is 10.7 Å². The smallest absolute Gasteiger partial charge is 0.0912 e. The molecule has 0 aromatic heterocycles. The van der Waals surface area contributed by atoms with Gasteiger partial charge in [-0.25, -0.2) is 0 Å². The zero-order chi connectivity index (χ0) is 13.8. The molecule has 1 atom stereocenters. The fourth-order valence-corrected chi connectivity index (χ4v) is 1.97. The quantitative estimate of drug-likeness (QED) is 0.932. The van der Waals surface area contributed by atoms with E-state index in [0.717, 1.165) is 5.56 Å². The van der Waals surface area contributed by atoms with Gasteiger partial charge in [-0.2, -0.15) is 0 Å². The Morgan fingerprint density at radius 1 is 1.21 bits per heavy atom. The highest BCUT2D eigenvalue weighted by Crippen LogP contribution is 2.22. The molecule has 0 spiro atoms. The third-order valence-electron chi connectivity index (χ3n) is 2.78. The first-order valence-electron chi connectivity index (χ1n) is 5.86. The van der Waals surface area contributed by atoms with Crippen molar-refractivity contribution in [2.45, 2.75) is 13.0 Å². The van der Waals surface area contributed by atoms with Crippen molar-refractivity contribution in [3.8, 4) is 0 Å². The molecule has 0 aliphatic heterocycles. The number of carbonyl (C=O) groups excluding carboxylic acids is 1. The highest BCUT2D eigenvalue weighted by Gasteiger charge is 2.12. The van der Waals surface area contributed by atoms with E-state index < -0.39 is 12.0 Å². The van der Waals surface area contributed by atoms with Gasteiger partial charge in [0.15, 0.2) is 0 Å². The van der Waals surface area contributed by atoms with Gasteiger partial charge in [0.05, 0.1) is 12.0 Å². The van der Waals surface area contributed by atoms with Crippen molar-refractivity contribution in [1.82, 2.24) is 0 Å². The summed E-state index contributed by atoms with van der Waals surface area (Å²) in [5.41, 5.74) is 2.36. The molecule has 2 rings (SSSR count). The average Bonchev–Trinajstić information content (AvgIpc) is 2.37. The van der Waals surface area contributed by atoms with Gasteiger partial charge in [-0.05, 0) is 30.7 Å².